The number of thiophene rings is 2. The lowest BCUT2D eigenvalue weighted by molar-refractivity contribution is 0.660. The third kappa shape index (κ3) is 11.2. The Morgan fingerprint density at radius 1 is 0.195 bits per heavy atom. The predicted molar refractivity (Wildman–Crippen MR) is 549 cm³/mol. The molecule has 128 heavy (non-hydrogen) atoms. The fourth-order valence-electron chi connectivity index (χ4n) is 22.3. The van der Waals surface area contributed by atoms with Gasteiger partial charge in [0.15, 0.2) is 0 Å². The molecule has 0 saturated heterocycles. The van der Waals surface area contributed by atoms with Crippen molar-refractivity contribution in [3.8, 4) is 77.9 Å². The van der Waals surface area contributed by atoms with E-state index in [2.05, 4.69) is 473 Å². The van der Waals surface area contributed by atoms with Crippen molar-refractivity contribution in [1.82, 2.24) is 0 Å². The molecule has 22 aromatic carbocycles. The molecule has 2 aromatic heterocycles. The number of hydrogen-bond donors (Lipinski definition) is 0. The summed E-state index contributed by atoms with van der Waals surface area (Å²) in [4.78, 5) is 5.16. The Morgan fingerprint density at radius 3 is 1.22 bits per heavy atom. The maximum Gasteiger partial charge on any atom is 0.0714 e. The quantitative estimate of drug-likeness (QED) is 0.106. The van der Waals surface area contributed by atoms with Gasteiger partial charge in [-0.3, -0.25) is 0 Å². The Kier molecular flexibility index (Phi) is 16.8. The average molecular weight is 1660 g/mol. The van der Waals surface area contributed by atoms with Gasteiger partial charge in [0.2, 0.25) is 0 Å². The number of fused-ring (bicyclic) bond motifs is 20. The van der Waals surface area contributed by atoms with E-state index in [0.29, 0.717) is 0 Å². The number of anilines is 6. The summed E-state index contributed by atoms with van der Waals surface area (Å²) in [6.45, 7) is 4.78. The fraction of sp³-hybridized carbons (Fsp3) is 0.0323. The summed E-state index contributed by atoms with van der Waals surface area (Å²) >= 11 is 3.79. The number of rotatable bonds is 13. The number of nitrogens with zero attached hydrogens (tertiary/aromatic N) is 2. The highest BCUT2D eigenvalue weighted by Gasteiger charge is 2.47. The van der Waals surface area contributed by atoms with Crippen molar-refractivity contribution in [3.05, 3.63) is 482 Å². The van der Waals surface area contributed by atoms with Crippen LogP contribution in [0.2, 0.25) is 0 Å². The zero-order chi connectivity index (χ0) is 84.5. The minimum Gasteiger partial charge on any atom is -0.309 e. The van der Waals surface area contributed by atoms with Gasteiger partial charge in [0, 0.05) is 90.4 Å². The van der Waals surface area contributed by atoms with E-state index in [4.69, 9.17) is 0 Å². The summed E-state index contributed by atoms with van der Waals surface area (Å²) < 4.78 is 5.10. The molecule has 0 bridgehead atoms. The summed E-state index contributed by atoms with van der Waals surface area (Å²) in [5, 5.41) is 19.6. The maximum absolute atomic E-state index is 2.59. The van der Waals surface area contributed by atoms with Gasteiger partial charge >= 0.3 is 0 Å². The zero-order valence-corrected chi connectivity index (χ0v) is 72.1. The van der Waals surface area contributed by atoms with Gasteiger partial charge in [0.1, 0.15) is 0 Å². The van der Waals surface area contributed by atoms with Crippen molar-refractivity contribution in [2.24, 2.45) is 0 Å². The van der Waals surface area contributed by atoms with E-state index >= 15 is 0 Å². The normalized spacial score (nSPS) is 13.0. The van der Waals surface area contributed by atoms with Gasteiger partial charge in [-0.2, -0.15) is 0 Å². The summed E-state index contributed by atoms with van der Waals surface area (Å²) in [7, 11) is 0. The van der Waals surface area contributed by atoms with E-state index in [-0.39, 0.29) is 5.41 Å². The monoisotopic (exact) mass is 1660 g/mol. The second kappa shape index (κ2) is 29.0. The Hall–Kier alpha value is -15.6. The van der Waals surface area contributed by atoms with Crippen LogP contribution in [-0.2, 0) is 10.8 Å². The molecule has 2 heterocycles. The van der Waals surface area contributed by atoms with Gasteiger partial charge < -0.3 is 9.80 Å². The molecular formula is C124H80N2S2. The molecule has 2 aliphatic carbocycles. The van der Waals surface area contributed by atoms with Gasteiger partial charge in [-0.05, 0) is 227 Å². The second-order valence-electron chi connectivity index (χ2n) is 35.1. The minimum atomic E-state index is -0.616. The Labute approximate surface area is 750 Å². The second-order valence-corrected chi connectivity index (χ2v) is 37.2. The highest BCUT2D eigenvalue weighted by atomic mass is 32.1. The molecule has 0 spiro atoms. The third-order valence-corrected chi connectivity index (χ3v) is 30.5. The molecule has 0 fully saturated rings. The molecule has 0 aliphatic heterocycles. The minimum absolute atomic E-state index is 0.206. The molecule has 0 unspecified atom stereocenters. The molecule has 24 aromatic rings. The Balaban J connectivity index is 0.581. The van der Waals surface area contributed by atoms with Crippen LogP contribution in [0.3, 0.4) is 0 Å². The number of hydrogen-bond acceptors (Lipinski definition) is 4. The largest absolute Gasteiger partial charge is 0.309 e. The van der Waals surface area contributed by atoms with Gasteiger partial charge in [-0.1, -0.05) is 390 Å². The van der Waals surface area contributed by atoms with E-state index in [1.54, 1.807) is 0 Å². The first-order valence-corrected chi connectivity index (χ1v) is 46.0. The zero-order valence-electron chi connectivity index (χ0n) is 70.4. The van der Waals surface area contributed by atoms with Gasteiger partial charge in [-0.15, -0.1) is 22.7 Å². The topological polar surface area (TPSA) is 6.48 Å². The van der Waals surface area contributed by atoms with Crippen LogP contribution in [-0.4, -0.2) is 0 Å². The van der Waals surface area contributed by atoms with Crippen molar-refractivity contribution in [2.45, 2.75) is 24.7 Å². The van der Waals surface area contributed by atoms with Gasteiger partial charge in [0.25, 0.3) is 0 Å². The summed E-state index contributed by atoms with van der Waals surface area (Å²) in [5.74, 6) is 0. The molecule has 4 heteroatoms. The lowest BCUT2D eigenvalue weighted by Crippen LogP contribution is -2.28. The van der Waals surface area contributed by atoms with Crippen LogP contribution >= 0.6 is 22.7 Å². The van der Waals surface area contributed by atoms with Crippen LogP contribution in [0.25, 0.3) is 183 Å². The maximum atomic E-state index is 2.59. The smallest absolute Gasteiger partial charge is 0.0714 e. The average Bonchev–Trinajstić information content (AvgIpc) is 1.46. The SMILES string of the molecule is CC1(C)c2ccccc2-c2ccc(N(c3ccc(-c4cccc5c4sc4ccc(-c6ccc7c(c6)sc6c(-c8ccc(N(c9ccc%10c(c9)C(c9ccccc9)(c9ccccc9)c9ccccc9-%10)c9c(-c%10cccc%11ccccc%10%11)c%10ccccc%10c%10ccccc9%10)cc8)cccc67)cc45)cc3)c3c(-c4ccc5ccccc5c4)c4ccccc4c4ccccc34)cc21. The first-order chi connectivity index (χ1) is 63.2. The molecule has 2 aliphatic rings. The first kappa shape index (κ1) is 73.9. The van der Waals surface area contributed by atoms with Crippen molar-refractivity contribution < 1.29 is 0 Å². The van der Waals surface area contributed by atoms with E-state index in [1.165, 1.54) is 216 Å². The van der Waals surface area contributed by atoms with Crippen molar-refractivity contribution in [3.63, 3.8) is 0 Å². The van der Waals surface area contributed by atoms with E-state index in [0.717, 1.165) is 34.1 Å². The van der Waals surface area contributed by atoms with Crippen LogP contribution in [0.5, 0.6) is 0 Å². The first-order valence-electron chi connectivity index (χ1n) is 44.4. The van der Waals surface area contributed by atoms with Crippen LogP contribution in [0.4, 0.5) is 34.1 Å². The van der Waals surface area contributed by atoms with Crippen LogP contribution in [0.15, 0.2) is 449 Å². The van der Waals surface area contributed by atoms with Crippen LogP contribution < -0.4 is 9.80 Å². The third-order valence-electron chi connectivity index (χ3n) is 28.1. The predicted octanol–water partition coefficient (Wildman–Crippen LogP) is 35.3. The Bertz CT molecular complexity index is 8690. The molecule has 0 radical (unpaired) electrons. The molecule has 0 amide bonds. The van der Waals surface area contributed by atoms with Crippen molar-refractivity contribution in [2.75, 3.05) is 9.80 Å². The molecule has 0 N–H and O–H groups in total. The molecule has 0 saturated carbocycles. The lowest BCUT2D eigenvalue weighted by atomic mass is 9.67. The highest BCUT2D eigenvalue weighted by Crippen LogP contribution is 2.61. The van der Waals surface area contributed by atoms with Crippen molar-refractivity contribution >= 4 is 162 Å². The van der Waals surface area contributed by atoms with E-state index in [9.17, 15) is 0 Å². The fourth-order valence-corrected chi connectivity index (χ4v) is 24.8. The van der Waals surface area contributed by atoms with Crippen LogP contribution in [0.1, 0.15) is 47.2 Å². The molecule has 26 rings (SSSR count). The summed E-state index contributed by atoms with van der Waals surface area (Å²) in [6.07, 6.45) is 0. The van der Waals surface area contributed by atoms with Gasteiger partial charge in [0.05, 0.1) is 16.8 Å². The molecular weight excluding hydrogens is 1580 g/mol. The lowest BCUT2D eigenvalue weighted by Gasteiger charge is -2.35. The standard InChI is InChI=1S/C124H80N2S2/c1-123(2)111-52-23-21-41-98(111)100-69-66-89(75-113(100)123)125(119-106-45-19-15-39-96(106)94-37-13-17-43-104(94)117(119)84-55-54-77-28-9-10-30-81(77)72-84)87-62-56-80(57-63-87)93-48-27-51-109-110-73-82(61-71-115(110)127-122(93)109)83-60-68-102-108-50-26-47-92(121(108)128-116(102)74-83)79-58-64-88(65-59-79)126(120-107-46-20-16-40-97(107)95-38-14-18-44-105(95)118(120)103-49-25-31-78-29-11-12-36-91(78)103)90-67-70-101-99-42-22-24-53-112(99)124(114(101)76-90,85-32-5-3-6-33-85)86-34-7-4-8-35-86/h3-76H,1-2H3. The summed E-state index contributed by atoms with van der Waals surface area (Å²) in [5.41, 5.74) is 30.6. The molecule has 0 atom stereocenters. The van der Waals surface area contributed by atoms with Crippen molar-refractivity contribution in [1.29, 1.82) is 0 Å². The van der Waals surface area contributed by atoms with Gasteiger partial charge in [-0.25, -0.2) is 0 Å². The molecule has 598 valence electrons. The summed E-state index contributed by atoms with van der Waals surface area (Å²) in [6, 6.07) is 170. The number of benzene rings is 22. The van der Waals surface area contributed by atoms with E-state index in [1.807, 2.05) is 22.7 Å². The Morgan fingerprint density at radius 2 is 0.594 bits per heavy atom. The highest BCUT2D eigenvalue weighted by molar-refractivity contribution is 7.26. The van der Waals surface area contributed by atoms with E-state index < -0.39 is 5.41 Å². The molecule has 2 nitrogen and oxygen atoms in total. The van der Waals surface area contributed by atoms with Crippen LogP contribution in [0, 0.1) is 0 Å².